The van der Waals surface area contributed by atoms with Crippen LogP contribution in [-0.4, -0.2) is 26.8 Å². The maximum absolute atomic E-state index is 12.8. The highest BCUT2D eigenvalue weighted by molar-refractivity contribution is 6.51. The van der Waals surface area contributed by atoms with E-state index < -0.39 is 17.7 Å². The summed E-state index contributed by atoms with van der Waals surface area (Å²) in [5, 5.41) is 10.8. The van der Waals surface area contributed by atoms with Crippen molar-refractivity contribution in [1.82, 2.24) is 9.97 Å². The molecular formula is C21H15N3O3. The first-order valence-corrected chi connectivity index (χ1v) is 8.37. The van der Waals surface area contributed by atoms with Crippen LogP contribution in [0.25, 0.3) is 5.76 Å². The van der Waals surface area contributed by atoms with Gasteiger partial charge in [0.05, 0.1) is 11.6 Å². The molecule has 0 spiro atoms. The number of carbonyl (C=O) groups excluding carboxylic acids is 2. The first kappa shape index (κ1) is 16.7. The summed E-state index contributed by atoms with van der Waals surface area (Å²) in [6.45, 7) is 0. The zero-order valence-electron chi connectivity index (χ0n) is 14.2. The van der Waals surface area contributed by atoms with Gasteiger partial charge >= 0.3 is 5.91 Å². The van der Waals surface area contributed by atoms with Gasteiger partial charge in [-0.2, -0.15) is 0 Å². The topological polar surface area (TPSA) is 83.4 Å². The van der Waals surface area contributed by atoms with Crippen molar-refractivity contribution >= 4 is 23.4 Å². The molecule has 2 aromatic carbocycles. The third-order valence-electron chi connectivity index (χ3n) is 4.37. The highest BCUT2D eigenvalue weighted by Crippen LogP contribution is 2.40. The Morgan fingerprint density at radius 2 is 1.44 bits per heavy atom. The Balaban J connectivity index is 1.95. The number of anilines is 1. The maximum Gasteiger partial charge on any atom is 0.302 e. The van der Waals surface area contributed by atoms with Crippen LogP contribution < -0.4 is 4.90 Å². The fourth-order valence-electron chi connectivity index (χ4n) is 3.16. The van der Waals surface area contributed by atoms with Crippen LogP contribution in [-0.2, 0) is 9.59 Å². The molecule has 0 bridgehead atoms. The van der Waals surface area contributed by atoms with Crippen LogP contribution >= 0.6 is 0 Å². The summed E-state index contributed by atoms with van der Waals surface area (Å²) in [7, 11) is 0. The molecular weight excluding hydrogens is 342 g/mol. The van der Waals surface area contributed by atoms with E-state index in [-0.39, 0.29) is 17.3 Å². The van der Waals surface area contributed by atoms with E-state index >= 15 is 0 Å². The van der Waals surface area contributed by atoms with Crippen LogP contribution in [0.15, 0.2) is 84.7 Å². The molecule has 1 saturated heterocycles. The molecule has 1 aliphatic rings. The van der Waals surface area contributed by atoms with Gasteiger partial charge in [-0.15, -0.1) is 0 Å². The molecule has 1 fully saturated rings. The summed E-state index contributed by atoms with van der Waals surface area (Å²) in [5.74, 6) is -1.65. The number of benzene rings is 2. The van der Waals surface area contributed by atoms with E-state index in [0.717, 1.165) is 0 Å². The molecule has 132 valence electrons. The third-order valence-corrected chi connectivity index (χ3v) is 4.37. The maximum atomic E-state index is 12.8. The van der Waals surface area contributed by atoms with Crippen molar-refractivity contribution in [1.29, 1.82) is 0 Å². The highest BCUT2D eigenvalue weighted by Gasteiger charge is 2.48. The number of hydrogen-bond donors (Lipinski definition) is 1. The lowest BCUT2D eigenvalue weighted by Crippen LogP contribution is -2.31. The molecule has 1 N–H and O–H groups in total. The Morgan fingerprint density at radius 1 is 0.852 bits per heavy atom. The molecule has 6 nitrogen and oxygen atoms in total. The van der Waals surface area contributed by atoms with Crippen LogP contribution in [0.3, 0.4) is 0 Å². The van der Waals surface area contributed by atoms with E-state index in [1.165, 1.54) is 17.3 Å². The summed E-state index contributed by atoms with van der Waals surface area (Å²) in [5.41, 5.74) is 1.16. The van der Waals surface area contributed by atoms with E-state index in [1.807, 2.05) is 24.3 Å². The molecule has 0 unspecified atom stereocenters. The number of aromatic nitrogens is 2. The minimum Gasteiger partial charge on any atom is -0.507 e. The first-order valence-electron chi connectivity index (χ1n) is 8.37. The largest absolute Gasteiger partial charge is 0.507 e. The van der Waals surface area contributed by atoms with Crippen molar-refractivity contribution in [3.05, 3.63) is 95.8 Å². The van der Waals surface area contributed by atoms with Gasteiger partial charge in [-0.3, -0.25) is 14.5 Å². The van der Waals surface area contributed by atoms with Crippen molar-refractivity contribution in [3.63, 3.8) is 0 Å². The van der Waals surface area contributed by atoms with Gasteiger partial charge in [0, 0.05) is 18.0 Å². The lowest BCUT2D eigenvalue weighted by atomic mass is 9.95. The van der Waals surface area contributed by atoms with E-state index in [2.05, 4.69) is 9.97 Å². The first-order chi connectivity index (χ1) is 13.2. The van der Waals surface area contributed by atoms with E-state index in [0.29, 0.717) is 11.1 Å². The molecule has 3 aromatic rings. The minimum atomic E-state index is -0.811. The van der Waals surface area contributed by atoms with Crippen LogP contribution in [0.4, 0.5) is 5.95 Å². The summed E-state index contributed by atoms with van der Waals surface area (Å²) in [6.07, 6.45) is 3.00. The molecule has 1 aromatic heterocycles. The third kappa shape index (κ3) is 2.87. The number of hydrogen-bond acceptors (Lipinski definition) is 5. The molecule has 0 aliphatic carbocycles. The molecule has 0 radical (unpaired) electrons. The predicted octanol–water partition coefficient (Wildman–Crippen LogP) is 3.10. The van der Waals surface area contributed by atoms with Crippen LogP contribution in [0.2, 0.25) is 0 Å². The standard InChI is InChI=1S/C21H15N3O3/c25-18(15-10-5-2-6-11-15)16-17(14-8-3-1-4-9-14)24(20(27)19(16)26)21-22-12-7-13-23-21/h1-13,17,25H/b18-16+/t17-/m0/s1. The Hall–Kier alpha value is -3.80. The molecule has 2 heterocycles. The van der Waals surface area contributed by atoms with Gasteiger partial charge < -0.3 is 5.11 Å². The number of nitrogens with zero attached hydrogens (tertiary/aromatic N) is 3. The van der Waals surface area contributed by atoms with Gasteiger partial charge in [-0.1, -0.05) is 60.7 Å². The van der Waals surface area contributed by atoms with E-state index in [9.17, 15) is 14.7 Å². The van der Waals surface area contributed by atoms with Crippen molar-refractivity contribution in [2.75, 3.05) is 4.90 Å². The van der Waals surface area contributed by atoms with Gasteiger partial charge in [-0.25, -0.2) is 9.97 Å². The van der Waals surface area contributed by atoms with Crippen molar-refractivity contribution < 1.29 is 14.7 Å². The predicted molar refractivity (Wildman–Crippen MR) is 99.7 cm³/mol. The fraction of sp³-hybridized carbons (Fsp3) is 0.0476. The Morgan fingerprint density at radius 3 is 2.07 bits per heavy atom. The van der Waals surface area contributed by atoms with Crippen molar-refractivity contribution in [2.45, 2.75) is 6.04 Å². The molecule has 6 heteroatoms. The average Bonchev–Trinajstić information content (AvgIpc) is 3.00. The van der Waals surface area contributed by atoms with Crippen LogP contribution in [0.1, 0.15) is 17.2 Å². The van der Waals surface area contributed by atoms with Gasteiger partial charge in [0.1, 0.15) is 5.76 Å². The lowest BCUT2D eigenvalue weighted by Gasteiger charge is -2.23. The van der Waals surface area contributed by atoms with Crippen LogP contribution in [0.5, 0.6) is 0 Å². The normalized spacial score (nSPS) is 18.7. The lowest BCUT2D eigenvalue weighted by molar-refractivity contribution is -0.132. The molecule has 1 aliphatic heterocycles. The second-order valence-corrected chi connectivity index (χ2v) is 5.99. The molecule has 0 saturated carbocycles. The van der Waals surface area contributed by atoms with Gasteiger partial charge in [0.25, 0.3) is 5.78 Å². The van der Waals surface area contributed by atoms with E-state index in [1.54, 1.807) is 42.5 Å². The fourth-order valence-corrected chi connectivity index (χ4v) is 3.16. The van der Waals surface area contributed by atoms with Crippen molar-refractivity contribution in [3.8, 4) is 0 Å². The summed E-state index contributed by atoms with van der Waals surface area (Å²) < 4.78 is 0. The second kappa shape index (κ2) is 6.84. The van der Waals surface area contributed by atoms with E-state index in [4.69, 9.17) is 0 Å². The summed E-state index contributed by atoms with van der Waals surface area (Å²) in [4.78, 5) is 35.1. The highest BCUT2D eigenvalue weighted by atomic mass is 16.3. The number of ketones is 1. The summed E-state index contributed by atoms with van der Waals surface area (Å²) >= 11 is 0. The summed E-state index contributed by atoms with van der Waals surface area (Å²) in [6, 6.07) is 18.5. The number of aliphatic hydroxyl groups excluding tert-OH is 1. The Kier molecular flexibility index (Phi) is 4.22. The quantitative estimate of drug-likeness (QED) is 0.442. The monoisotopic (exact) mass is 357 g/mol. The molecule has 4 rings (SSSR count). The minimum absolute atomic E-state index is 0.0184. The second-order valence-electron chi connectivity index (χ2n) is 5.99. The number of Topliss-reactive ketones (excluding diaryl/α,β-unsaturated/α-hetero) is 1. The number of amides is 1. The number of rotatable bonds is 3. The molecule has 1 amide bonds. The average molecular weight is 357 g/mol. The van der Waals surface area contributed by atoms with Crippen LogP contribution in [0, 0.1) is 0 Å². The smallest absolute Gasteiger partial charge is 0.302 e. The zero-order valence-corrected chi connectivity index (χ0v) is 14.2. The Labute approximate surface area is 155 Å². The number of aliphatic hydroxyl groups is 1. The van der Waals surface area contributed by atoms with Crippen molar-refractivity contribution in [2.24, 2.45) is 0 Å². The Bertz CT molecular complexity index is 1020. The molecule has 1 atom stereocenters. The number of carbonyl (C=O) groups is 2. The van der Waals surface area contributed by atoms with Gasteiger partial charge in [0.2, 0.25) is 5.95 Å². The SMILES string of the molecule is O=C1C(=O)N(c2ncccn2)[C@@H](c2ccccc2)/C1=C(\O)c1ccccc1. The zero-order chi connectivity index (χ0) is 18.8. The molecule has 27 heavy (non-hydrogen) atoms. The van der Waals surface area contributed by atoms with Gasteiger partial charge in [0.15, 0.2) is 0 Å². The van der Waals surface area contributed by atoms with Gasteiger partial charge in [-0.05, 0) is 11.6 Å².